The number of piperidine rings is 1. The van der Waals surface area contributed by atoms with E-state index in [1.165, 1.54) is 5.56 Å². The number of nitrogens with two attached hydrogens (primary N) is 1. The predicted molar refractivity (Wildman–Crippen MR) is 87.2 cm³/mol. The van der Waals surface area contributed by atoms with Gasteiger partial charge >= 0.3 is 0 Å². The zero-order chi connectivity index (χ0) is 15.4. The van der Waals surface area contributed by atoms with Crippen LogP contribution in [0.2, 0.25) is 0 Å². The first-order chi connectivity index (χ1) is 9.97. The highest BCUT2D eigenvalue weighted by atomic mass is 16.2. The van der Waals surface area contributed by atoms with Crippen molar-refractivity contribution in [2.45, 2.75) is 38.1 Å². The number of benzene rings is 1. The van der Waals surface area contributed by atoms with E-state index in [0.717, 1.165) is 31.6 Å². The maximum atomic E-state index is 12.5. The van der Waals surface area contributed by atoms with Crippen molar-refractivity contribution in [1.29, 1.82) is 0 Å². The molecular weight excluding hydrogens is 262 g/mol. The molecule has 1 aromatic rings. The van der Waals surface area contributed by atoms with E-state index in [4.69, 9.17) is 5.73 Å². The first-order valence-corrected chi connectivity index (χ1v) is 7.77. The zero-order valence-electron chi connectivity index (χ0n) is 13.4. The van der Waals surface area contributed by atoms with E-state index >= 15 is 0 Å². The highest BCUT2D eigenvalue weighted by molar-refractivity contribution is 5.77. The second-order valence-corrected chi connectivity index (χ2v) is 6.31. The molecule has 116 valence electrons. The number of anilines is 1. The molecule has 1 amide bonds. The van der Waals surface area contributed by atoms with Gasteiger partial charge in [-0.25, -0.2) is 0 Å². The van der Waals surface area contributed by atoms with Gasteiger partial charge in [0.1, 0.15) is 0 Å². The Bertz CT molecular complexity index is 463. The van der Waals surface area contributed by atoms with Crippen LogP contribution in [0.25, 0.3) is 0 Å². The van der Waals surface area contributed by atoms with E-state index in [9.17, 15) is 4.79 Å². The third-order valence-corrected chi connectivity index (χ3v) is 4.62. The highest BCUT2D eigenvalue weighted by Crippen LogP contribution is 2.22. The number of carbonyl (C=O) groups excluding carboxylic acids is 1. The average molecular weight is 289 g/mol. The molecule has 1 atom stereocenters. The number of hydrogen-bond donors (Lipinski definition) is 1. The van der Waals surface area contributed by atoms with E-state index in [1.54, 1.807) is 0 Å². The van der Waals surface area contributed by atoms with Crippen LogP contribution in [0.5, 0.6) is 0 Å². The Morgan fingerprint density at radius 2 is 1.90 bits per heavy atom. The van der Waals surface area contributed by atoms with Gasteiger partial charge in [0.25, 0.3) is 0 Å². The Hall–Kier alpha value is -1.55. The molecule has 1 unspecified atom stereocenters. The van der Waals surface area contributed by atoms with Crippen LogP contribution in [-0.2, 0) is 4.79 Å². The zero-order valence-corrected chi connectivity index (χ0v) is 13.4. The van der Waals surface area contributed by atoms with E-state index in [2.05, 4.69) is 18.9 Å². The van der Waals surface area contributed by atoms with Gasteiger partial charge in [-0.3, -0.25) is 4.79 Å². The summed E-state index contributed by atoms with van der Waals surface area (Å²) in [7, 11) is 4.09. The minimum atomic E-state index is 0.229. The van der Waals surface area contributed by atoms with Gasteiger partial charge in [0.05, 0.1) is 0 Å². The smallest absolute Gasteiger partial charge is 0.223 e. The average Bonchev–Trinajstić information content (AvgIpc) is 2.47. The largest absolute Gasteiger partial charge is 0.399 e. The lowest BCUT2D eigenvalue weighted by Gasteiger charge is -2.35. The molecule has 0 saturated carbocycles. The van der Waals surface area contributed by atoms with E-state index < -0.39 is 0 Å². The first kappa shape index (κ1) is 15.8. The van der Waals surface area contributed by atoms with Crippen LogP contribution in [-0.4, -0.2) is 48.9 Å². The molecule has 1 aromatic carbocycles. The number of carbonyl (C=O) groups is 1. The maximum Gasteiger partial charge on any atom is 0.223 e. The number of amides is 1. The van der Waals surface area contributed by atoms with Crippen LogP contribution >= 0.6 is 0 Å². The molecule has 1 aliphatic rings. The van der Waals surface area contributed by atoms with Crippen molar-refractivity contribution in [2.24, 2.45) is 0 Å². The standard InChI is InChI=1S/C17H27N3O/c1-13(14-4-6-15(18)7-5-14)12-17(21)20(3)16-8-10-19(2)11-9-16/h4-7,13,16H,8-12,18H2,1-3H3. The van der Waals surface area contributed by atoms with Crippen molar-refractivity contribution in [1.82, 2.24) is 9.80 Å². The molecule has 21 heavy (non-hydrogen) atoms. The fraction of sp³-hybridized carbons (Fsp3) is 0.588. The summed E-state index contributed by atoms with van der Waals surface area (Å²) in [6, 6.07) is 8.23. The lowest BCUT2D eigenvalue weighted by molar-refractivity contribution is -0.133. The normalized spacial score (nSPS) is 18.4. The molecule has 2 N–H and O–H groups in total. The van der Waals surface area contributed by atoms with Crippen LogP contribution in [0.4, 0.5) is 5.69 Å². The van der Waals surface area contributed by atoms with Gasteiger partial charge in [0.15, 0.2) is 0 Å². The molecular formula is C17H27N3O. The quantitative estimate of drug-likeness (QED) is 0.865. The van der Waals surface area contributed by atoms with Crippen molar-refractivity contribution in [3.63, 3.8) is 0 Å². The summed E-state index contributed by atoms with van der Waals surface area (Å²) in [5.41, 5.74) is 7.65. The highest BCUT2D eigenvalue weighted by Gasteiger charge is 2.24. The topological polar surface area (TPSA) is 49.6 Å². The van der Waals surface area contributed by atoms with Gasteiger partial charge in [-0.05, 0) is 56.6 Å². The minimum absolute atomic E-state index is 0.229. The Labute approximate surface area is 127 Å². The SMILES string of the molecule is CC(CC(=O)N(C)C1CCN(C)CC1)c1ccc(N)cc1. The molecule has 4 heteroatoms. The first-order valence-electron chi connectivity index (χ1n) is 7.77. The van der Waals surface area contributed by atoms with Crippen molar-refractivity contribution in [2.75, 3.05) is 32.9 Å². The molecule has 2 rings (SSSR count). The summed E-state index contributed by atoms with van der Waals surface area (Å²) in [4.78, 5) is 16.7. The second-order valence-electron chi connectivity index (χ2n) is 6.31. The lowest BCUT2D eigenvalue weighted by atomic mass is 9.96. The minimum Gasteiger partial charge on any atom is -0.399 e. The maximum absolute atomic E-state index is 12.5. The summed E-state index contributed by atoms with van der Waals surface area (Å²) in [6.45, 7) is 4.26. The van der Waals surface area contributed by atoms with E-state index in [-0.39, 0.29) is 11.8 Å². The van der Waals surface area contributed by atoms with Crippen LogP contribution in [0.15, 0.2) is 24.3 Å². The van der Waals surface area contributed by atoms with Gasteiger partial charge in [-0.1, -0.05) is 19.1 Å². The molecule has 1 heterocycles. The Morgan fingerprint density at radius 1 is 1.33 bits per heavy atom. The van der Waals surface area contributed by atoms with Crippen LogP contribution in [0, 0.1) is 0 Å². The Balaban J connectivity index is 1.89. The van der Waals surface area contributed by atoms with Gasteiger partial charge in [-0.2, -0.15) is 0 Å². The third kappa shape index (κ3) is 4.21. The molecule has 1 aliphatic heterocycles. The molecule has 1 fully saturated rings. The Morgan fingerprint density at radius 3 is 2.48 bits per heavy atom. The van der Waals surface area contributed by atoms with Gasteiger partial charge in [-0.15, -0.1) is 0 Å². The molecule has 0 bridgehead atoms. The summed E-state index contributed by atoms with van der Waals surface area (Å²) in [5.74, 6) is 0.473. The van der Waals surface area contributed by atoms with Crippen LogP contribution in [0.1, 0.15) is 37.7 Å². The monoisotopic (exact) mass is 289 g/mol. The fourth-order valence-corrected chi connectivity index (χ4v) is 2.93. The van der Waals surface area contributed by atoms with Gasteiger partial charge < -0.3 is 15.5 Å². The molecule has 1 saturated heterocycles. The Kier molecular flexibility index (Phi) is 5.23. The van der Waals surface area contributed by atoms with E-state index in [1.807, 2.05) is 36.2 Å². The van der Waals surface area contributed by atoms with Gasteiger partial charge in [0.2, 0.25) is 5.91 Å². The molecule has 0 spiro atoms. The summed E-state index contributed by atoms with van der Waals surface area (Å²) >= 11 is 0. The molecule has 0 aliphatic carbocycles. The predicted octanol–water partition coefficient (Wildman–Crippen LogP) is 2.32. The number of likely N-dealkylation sites (tertiary alicyclic amines) is 1. The molecule has 4 nitrogen and oxygen atoms in total. The van der Waals surface area contributed by atoms with Crippen molar-refractivity contribution >= 4 is 11.6 Å². The van der Waals surface area contributed by atoms with Crippen molar-refractivity contribution in [3.05, 3.63) is 29.8 Å². The summed E-state index contributed by atoms with van der Waals surface area (Å²) < 4.78 is 0. The number of hydrogen-bond acceptors (Lipinski definition) is 3. The van der Waals surface area contributed by atoms with Crippen molar-refractivity contribution in [3.8, 4) is 0 Å². The number of nitrogens with zero attached hydrogens (tertiary/aromatic N) is 2. The van der Waals surface area contributed by atoms with Gasteiger partial charge in [0, 0.05) is 25.2 Å². The molecule has 0 radical (unpaired) electrons. The van der Waals surface area contributed by atoms with Crippen molar-refractivity contribution < 1.29 is 4.79 Å². The second kappa shape index (κ2) is 6.94. The van der Waals surface area contributed by atoms with Crippen LogP contribution in [0.3, 0.4) is 0 Å². The summed E-state index contributed by atoms with van der Waals surface area (Å²) in [5, 5.41) is 0. The number of nitrogen functional groups attached to an aromatic ring is 1. The number of rotatable bonds is 4. The third-order valence-electron chi connectivity index (χ3n) is 4.62. The lowest BCUT2D eigenvalue weighted by Crippen LogP contribution is -2.44. The summed E-state index contributed by atoms with van der Waals surface area (Å²) in [6.07, 6.45) is 2.72. The van der Waals surface area contributed by atoms with Crippen LogP contribution < -0.4 is 5.73 Å². The fourth-order valence-electron chi connectivity index (χ4n) is 2.93. The molecule has 0 aromatic heterocycles. The van der Waals surface area contributed by atoms with E-state index in [0.29, 0.717) is 12.5 Å².